The van der Waals surface area contributed by atoms with E-state index in [1.807, 2.05) is 0 Å². The minimum atomic E-state index is -1.63. The quantitative estimate of drug-likeness (QED) is 0.439. The van der Waals surface area contributed by atoms with Gasteiger partial charge in [-0.1, -0.05) is 0 Å². The van der Waals surface area contributed by atoms with Crippen LogP contribution in [0.3, 0.4) is 0 Å². The monoisotopic (exact) mass is 175 g/mol. The van der Waals surface area contributed by atoms with Crippen molar-refractivity contribution < 1.29 is 24.4 Å². The molecule has 2 atom stereocenters. The Balaban J connectivity index is 2.89. The van der Waals surface area contributed by atoms with Crippen LogP contribution in [0.2, 0.25) is 0 Å². The summed E-state index contributed by atoms with van der Waals surface area (Å²) >= 11 is 0. The van der Waals surface area contributed by atoms with Crippen molar-refractivity contribution in [3.63, 3.8) is 0 Å². The molecule has 1 amide bonds. The molecule has 0 saturated carbocycles. The Bertz CT molecular complexity index is 228. The summed E-state index contributed by atoms with van der Waals surface area (Å²) in [4.78, 5) is 20.9. The van der Waals surface area contributed by atoms with Crippen molar-refractivity contribution in [1.29, 1.82) is 0 Å². The van der Waals surface area contributed by atoms with Crippen LogP contribution in [-0.2, 0) is 4.79 Å². The zero-order valence-corrected chi connectivity index (χ0v) is 6.27. The van der Waals surface area contributed by atoms with Gasteiger partial charge in [-0.25, -0.2) is 9.44 Å². The van der Waals surface area contributed by atoms with Gasteiger partial charge in [0.1, 0.15) is 0 Å². The Labute approximate surface area is 68.2 Å². The van der Waals surface area contributed by atoms with Crippen molar-refractivity contribution in [2.75, 3.05) is 6.54 Å². The summed E-state index contributed by atoms with van der Waals surface area (Å²) in [7, 11) is 0. The fourth-order valence-corrected chi connectivity index (χ4v) is 1.41. The Hall–Kier alpha value is -1.14. The summed E-state index contributed by atoms with van der Waals surface area (Å²) in [6, 6.07) is -1.33. The second-order valence-electron chi connectivity index (χ2n) is 2.80. The molecule has 1 saturated heterocycles. The normalized spacial score (nSPS) is 34.9. The maximum absolute atomic E-state index is 11.3. The molecule has 0 aromatic rings. The largest absolute Gasteiger partial charge is 0.622 e. The number of hydroxylamine groups is 3. The second kappa shape index (κ2) is 2.72. The van der Waals surface area contributed by atoms with Crippen molar-refractivity contribution >= 4 is 12.1 Å². The van der Waals surface area contributed by atoms with Crippen LogP contribution in [0.4, 0.5) is 4.79 Å². The zero-order chi connectivity index (χ0) is 9.35. The van der Waals surface area contributed by atoms with Gasteiger partial charge in [-0.05, 0) is 0 Å². The highest BCUT2D eigenvalue weighted by Crippen LogP contribution is 2.25. The number of carboxylic acid groups (broad SMARTS) is 2. The van der Waals surface area contributed by atoms with Crippen molar-refractivity contribution in [2.45, 2.75) is 18.9 Å². The molecule has 6 nitrogen and oxygen atoms in total. The summed E-state index contributed by atoms with van der Waals surface area (Å²) in [6.07, 6.45) is -1.11. The number of carboxylic acids is 1. The highest BCUT2D eigenvalue weighted by atomic mass is 16.6. The summed E-state index contributed by atoms with van der Waals surface area (Å²) in [5.74, 6) is -1.33. The Morgan fingerprint density at radius 3 is 2.33 bits per heavy atom. The minimum absolute atomic E-state index is 0.144. The lowest BCUT2D eigenvalue weighted by atomic mass is 10.2. The first kappa shape index (κ1) is 8.95. The van der Waals surface area contributed by atoms with Gasteiger partial charge in [-0.15, -0.1) is 0 Å². The van der Waals surface area contributed by atoms with Crippen LogP contribution in [-0.4, -0.2) is 39.5 Å². The van der Waals surface area contributed by atoms with Crippen LogP contribution in [0.15, 0.2) is 0 Å². The van der Waals surface area contributed by atoms with E-state index >= 15 is 0 Å². The van der Waals surface area contributed by atoms with Crippen LogP contribution in [0, 0.1) is 5.21 Å². The molecule has 0 aromatic heterocycles. The fraction of sp³-hybridized carbons (Fsp3) is 0.667. The van der Waals surface area contributed by atoms with Gasteiger partial charge >= 0.3 is 12.1 Å². The number of rotatable bonds is 1. The SMILES string of the molecule is O=C(O)C1CCC[N+]1([O-])C(=O)O. The van der Waals surface area contributed by atoms with E-state index in [0.717, 1.165) is 0 Å². The van der Waals surface area contributed by atoms with Gasteiger partial charge in [-0.2, -0.15) is 4.79 Å². The third kappa shape index (κ3) is 1.15. The smallest absolute Gasteiger partial charge is 0.514 e. The first-order chi connectivity index (χ1) is 5.48. The molecule has 12 heavy (non-hydrogen) atoms. The lowest BCUT2D eigenvalue weighted by Gasteiger charge is -2.35. The lowest BCUT2D eigenvalue weighted by Crippen LogP contribution is -2.53. The highest BCUT2D eigenvalue weighted by molar-refractivity contribution is 5.75. The highest BCUT2D eigenvalue weighted by Gasteiger charge is 2.46. The zero-order valence-electron chi connectivity index (χ0n) is 6.27. The molecule has 1 fully saturated rings. The molecule has 6 heteroatoms. The number of hydrogen-bond acceptors (Lipinski definition) is 3. The van der Waals surface area contributed by atoms with Crippen molar-refractivity contribution in [2.24, 2.45) is 0 Å². The van der Waals surface area contributed by atoms with E-state index in [1.54, 1.807) is 0 Å². The molecule has 1 aliphatic heterocycles. The molecule has 68 valence electrons. The van der Waals surface area contributed by atoms with Crippen LogP contribution in [0.5, 0.6) is 0 Å². The summed E-state index contributed by atoms with van der Waals surface area (Å²) in [5, 5.41) is 28.3. The van der Waals surface area contributed by atoms with Gasteiger partial charge in [0.25, 0.3) is 0 Å². The minimum Gasteiger partial charge on any atom is -0.622 e. The molecule has 1 aliphatic rings. The molecule has 0 aromatic carbocycles. The molecular weight excluding hydrogens is 166 g/mol. The molecule has 2 unspecified atom stereocenters. The molecular formula is C6H9NO5. The van der Waals surface area contributed by atoms with E-state index in [1.165, 1.54) is 0 Å². The van der Waals surface area contributed by atoms with Crippen LogP contribution in [0.1, 0.15) is 12.8 Å². The number of amides is 1. The van der Waals surface area contributed by atoms with E-state index in [0.29, 0.717) is 6.42 Å². The first-order valence-electron chi connectivity index (χ1n) is 3.53. The molecule has 1 heterocycles. The molecule has 0 radical (unpaired) electrons. The van der Waals surface area contributed by atoms with Gasteiger partial charge in [0.05, 0.1) is 6.54 Å². The molecule has 0 bridgehead atoms. The van der Waals surface area contributed by atoms with Gasteiger partial charge < -0.3 is 15.4 Å². The number of carbonyl (C=O) groups is 2. The fourth-order valence-electron chi connectivity index (χ4n) is 1.41. The van der Waals surface area contributed by atoms with Crippen molar-refractivity contribution in [3.05, 3.63) is 5.21 Å². The summed E-state index contributed by atoms with van der Waals surface area (Å²) in [5.41, 5.74) is 0. The third-order valence-corrected chi connectivity index (χ3v) is 2.08. The van der Waals surface area contributed by atoms with E-state index < -0.39 is 22.8 Å². The van der Waals surface area contributed by atoms with Crippen LogP contribution in [0.25, 0.3) is 0 Å². The molecule has 2 N–H and O–H groups in total. The standard InChI is InChI=1S/C6H9NO5/c8-5(9)4-2-1-3-7(4,12)6(10)11/h4H,1-3H2,(H,8,9)(H,10,11). The Morgan fingerprint density at radius 2 is 2.00 bits per heavy atom. The molecule has 0 spiro atoms. The summed E-state index contributed by atoms with van der Waals surface area (Å²) in [6.45, 7) is -0.147. The van der Waals surface area contributed by atoms with Crippen molar-refractivity contribution in [1.82, 2.24) is 0 Å². The number of likely N-dealkylation sites (tertiary alicyclic amines) is 1. The number of quaternary nitrogens is 1. The average molecular weight is 175 g/mol. The second-order valence-corrected chi connectivity index (χ2v) is 2.80. The first-order valence-corrected chi connectivity index (χ1v) is 3.53. The van der Waals surface area contributed by atoms with Gasteiger partial charge in [-0.3, -0.25) is 0 Å². The van der Waals surface area contributed by atoms with Crippen LogP contribution < -0.4 is 0 Å². The predicted molar refractivity (Wildman–Crippen MR) is 37.2 cm³/mol. The number of aliphatic carboxylic acids is 1. The van der Waals surface area contributed by atoms with Gasteiger partial charge in [0, 0.05) is 12.8 Å². The van der Waals surface area contributed by atoms with Gasteiger partial charge in [0.2, 0.25) is 0 Å². The topological polar surface area (TPSA) is 97.7 Å². The van der Waals surface area contributed by atoms with E-state index in [2.05, 4.69) is 0 Å². The van der Waals surface area contributed by atoms with Crippen molar-refractivity contribution in [3.8, 4) is 0 Å². The Kier molecular flexibility index (Phi) is 2.03. The predicted octanol–water partition coefficient (Wildman–Crippen LogP) is 0.226. The van der Waals surface area contributed by atoms with Crippen LogP contribution >= 0.6 is 0 Å². The summed E-state index contributed by atoms with van der Waals surface area (Å²) < 4.78 is -1.63. The molecule has 0 aliphatic carbocycles. The van der Waals surface area contributed by atoms with E-state index in [9.17, 15) is 14.8 Å². The van der Waals surface area contributed by atoms with Gasteiger partial charge in [0.15, 0.2) is 6.04 Å². The van der Waals surface area contributed by atoms with E-state index in [4.69, 9.17) is 10.2 Å². The third-order valence-electron chi connectivity index (χ3n) is 2.08. The number of nitrogens with zero attached hydrogens (tertiary/aromatic N) is 1. The lowest BCUT2D eigenvalue weighted by molar-refractivity contribution is -0.810. The molecule has 1 rings (SSSR count). The van der Waals surface area contributed by atoms with E-state index in [-0.39, 0.29) is 13.0 Å². The number of hydrogen-bond donors (Lipinski definition) is 2. The average Bonchev–Trinajstić information content (AvgIpc) is 2.32. The maximum atomic E-state index is 11.3. The maximum Gasteiger partial charge on any atom is 0.514 e. The Morgan fingerprint density at radius 1 is 1.42 bits per heavy atom.